The van der Waals surface area contributed by atoms with E-state index in [2.05, 4.69) is 9.97 Å². The first-order valence-electron chi connectivity index (χ1n) is 12.1. The summed E-state index contributed by atoms with van der Waals surface area (Å²) in [6, 6.07) is 11.3. The number of rotatable bonds is 4. The number of anilines is 1. The van der Waals surface area contributed by atoms with Gasteiger partial charge in [-0.3, -0.25) is 0 Å². The van der Waals surface area contributed by atoms with Crippen LogP contribution in [0.25, 0.3) is 11.5 Å². The Morgan fingerprint density at radius 3 is 2.37 bits per heavy atom. The summed E-state index contributed by atoms with van der Waals surface area (Å²) in [4.78, 5) is 37.1. The number of amides is 2. The van der Waals surface area contributed by atoms with Crippen LogP contribution in [0, 0.1) is 0 Å². The molecule has 0 saturated carbocycles. The molecule has 2 aromatic heterocycles. The molecule has 4 rings (SSSR count). The normalized spacial score (nSPS) is 14.8. The number of nitrogens with zero attached hydrogens (tertiary/aromatic N) is 4. The molecule has 1 saturated heterocycles. The number of ether oxygens (including phenoxy) is 1. The van der Waals surface area contributed by atoms with E-state index in [-0.39, 0.29) is 12.0 Å². The zero-order chi connectivity index (χ0) is 27.5. The summed E-state index contributed by atoms with van der Waals surface area (Å²) in [6.45, 7) is 7.65. The molecule has 0 aliphatic carbocycles. The molecule has 3 aromatic rings. The second-order valence-corrected chi connectivity index (χ2v) is 9.83. The van der Waals surface area contributed by atoms with Crippen LogP contribution in [0.15, 0.2) is 53.1 Å². The van der Waals surface area contributed by atoms with Crippen LogP contribution in [0.3, 0.4) is 0 Å². The number of hydrogen-bond donors (Lipinski definition) is 1. The monoisotopic (exact) mass is 532 g/mol. The fourth-order valence-electron chi connectivity index (χ4n) is 3.93. The Hall–Kier alpha value is -3.93. The van der Waals surface area contributed by atoms with Gasteiger partial charge in [-0.2, -0.15) is 18.2 Å². The molecule has 0 atom stereocenters. The molecule has 0 unspecified atom stereocenters. The van der Waals surface area contributed by atoms with Crippen molar-refractivity contribution in [2.24, 2.45) is 0 Å². The van der Waals surface area contributed by atoms with Crippen LogP contribution in [0.4, 0.5) is 29.5 Å². The van der Waals surface area contributed by atoms with Gasteiger partial charge in [0.2, 0.25) is 17.3 Å². The first kappa shape index (κ1) is 27.1. The van der Waals surface area contributed by atoms with Gasteiger partial charge in [-0.25, -0.2) is 19.9 Å². The van der Waals surface area contributed by atoms with Crippen molar-refractivity contribution in [2.45, 2.75) is 39.0 Å². The van der Waals surface area contributed by atoms with E-state index in [0.717, 1.165) is 5.32 Å². The lowest BCUT2D eigenvalue weighted by molar-refractivity contribution is -0.464. The van der Waals surface area contributed by atoms with Crippen molar-refractivity contribution in [3.05, 3.63) is 60.1 Å². The summed E-state index contributed by atoms with van der Waals surface area (Å²) in [6.07, 6.45) is -3.13. The lowest BCUT2D eigenvalue weighted by Gasteiger charge is -2.26. The van der Waals surface area contributed by atoms with E-state index in [0.29, 0.717) is 49.7 Å². The van der Waals surface area contributed by atoms with E-state index in [9.17, 15) is 22.8 Å². The molecule has 2 N–H and O–H groups in total. The number of pyridine rings is 1. The highest BCUT2D eigenvalue weighted by Crippen LogP contribution is 2.35. The number of nitrogens with two attached hydrogens (primary N) is 1. The smallest absolute Gasteiger partial charge is 0.444 e. The van der Waals surface area contributed by atoms with E-state index in [4.69, 9.17) is 9.15 Å². The Morgan fingerprint density at radius 2 is 1.74 bits per heavy atom. The van der Waals surface area contributed by atoms with Crippen molar-refractivity contribution >= 4 is 23.5 Å². The molecule has 1 fully saturated rings. The lowest BCUT2D eigenvalue weighted by Crippen LogP contribution is -2.82. The predicted molar refractivity (Wildman–Crippen MR) is 132 cm³/mol. The Labute approximate surface area is 217 Å². The highest BCUT2D eigenvalue weighted by molar-refractivity contribution is 5.87. The number of carbonyl (C=O) groups is 2. The van der Waals surface area contributed by atoms with Crippen LogP contribution in [-0.4, -0.2) is 58.6 Å². The molecule has 0 spiro atoms. The number of aromatic nitrogens is 2. The Morgan fingerprint density at radius 1 is 1.00 bits per heavy atom. The number of hydrogen-bond acceptors (Lipinski definition) is 7. The van der Waals surface area contributed by atoms with Crippen LogP contribution in [0.1, 0.15) is 43.4 Å². The van der Waals surface area contributed by atoms with Crippen LogP contribution in [0.2, 0.25) is 0 Å². The quantitative estimate of drug-likeness (QED) is 0.536. The summed E-state index contributed by atoms with van der Waals surface area (Å²) < 4.78 is 51.1. The maximum Gasteiger partial charge on any atom is 0.452 e. The Kier molecular flexibility index (Phi) is 7.72. The van der Waals surface area contributed by atoms with Crippen molar-refractivity contribution in [1.82, 2.24) is 14.9 Å². The van der Waals surface area contributed by atoms with Crippen molar-refractivity contribution in [1.29, 1.82) is 0 Å². The number of alkyl halides is 3. The minimum atomic E-state index is -4.89. The Balaban J connectivity index is 1.43. The second kappa shape index (κ2) is 10.8. The maximum absolute atomic E-state index is 13.6. The number of primary amides is 1. The molecule has 2 amide bonds. The molecule has 202 valence electrons. The number of halogens is 3. The molecular weight excluding hydrogens is 503 g/mol. The van der Waals surface area contributed by atoms with Crippen molar-refractivity contribution in [3.8, 4) is 11.5 Å². The van der Waals surface area contributed by atoms with E-state index in [1.807, 2.05) is 25.7 Å². The summed E-state index contributed by atoms with van der Waals surface area (Å²) >= 11 is 0. The lowest BCUT2D eigenvalue weighted by atomic mass is 10.2. The molecule has 0 bridgehead atoms. The van der Waals surface area contributed by atoms with Gasteiger partial charge in [0.1, 0.15) is 11.4 Å². The van der Waals surface area contributed by atoms with Gasteiger partial charge in [-0.05, 0) is 45.4 Å². The molecule has 1 aromatic carbocycles. The standard InChI is InChI=1S/C26H28F3N5O4/c1-25(2,3)38-24(36)34-13-7-12-33(14-15-34)19-11-10-18(16-30-19)31-22(35)20-21(26(27,28)29)37-23(32-20)17-8-5-4-6-9-17/h4-6,8-11,16H,7,12-15H2,1-3H3,(H,31,35)/p+1. The number of quaternary nitrogens is 1. The predicted octanol–water partition coefficient (Wildman–Crippen LogP) is 4.24. The van der Waals surface area contributed by atoms with Gasteiger partial charge in [-0.15, -0.1) is 0 Å². The molecule has 1 aliphatic rings. The van der Waals surface area contributed by atoms with Crippen molar-refractivity contribution in [2.75, 3.05) is 31.1 Å². The highest BCUT2D eigenvalue weighted by Gasteiger charge is 2.43. The summed E-state index contributed by atoms with van der Waals surface area (Å²) in [5, 5.41) is 1.05. The van der Waals surface area contributed by atoms with Gasteiger partial charge >= 0.3 is 18.2 Å². The number of carbonyl (C=O) groups excluding carboxylic acids is 2. The second-order valence-electron chi connectivity index (χ2n) is 9.83. The Bertz CT molecular complexity index is 1270. The van der Waals surface area contributed by atoms with Crippen molar-refractivity contribution < 1.29 is 37.2 Å². The minimum absolute atomic E-state index is 0.287. The summed E-state index contributed by atoms with van der Waals surface area (Å²) in [5.41, 5.74) is -0.744. The maximum atomic E-state index is 13.6. The van der Waals surface area contributed by atoms with E-state index < -0.39 is 29.1 Å². The summed E-state index contributed by atoms with van der Waals surface area (Å²) in [7, 11) is 0. The zero-order valence-corrected chi connectivity index (χ0v) is 21.3. The van der Waals surface area contributed by atoms with Crippen LogP contribution < -0.4 is 10.2 Å². The van der Waals surface area contributed by atoms with E-state index in [1.165, 1.54) is 6.20 Å². The largest absolute Gasteiger partial charge is 0.452 e. The van der Waals surface area contributed by atoms with Crippen LogP contribution in [0.5, 0.6) is 0 Å². The fraction of sp³-hybridized carbons (Fsp3) is 0.385. The first-order valence-corrected chi connectivity index (χ1v) is 12.1. The van der Waals surface area contributed by atoms with Gasteiger partial charge in [0.05, 0.1) is 6.20 Å². The highest BCUT2D eigenvalue weighted by atomic mass is 19.4. The molecular formula is C26H29F3N5O4+. The molecule has 0 radical (unpaired) electrons. The fourth-order valence-corrected chi connectivity index (χ4v) is 3.93. The molecule has 38 heavy (non-hydrogen) atoms. The molecule has 1 aliphatic heterocycles. The number of benzene rings is 1. The SMILES string of the molecule is CC(C)(C)OC(=O)N1CCCN(c2ccc([NH2+]C(=O)c3nc(-c4ccccc4)oc3C(F)(F)F)cn2)CC1. The van der Waals surface area contributed by atoms with E-state index in [1.54, 1.807) is 47.4 Å². The third kappa shape index (κ3) is 6.68. The average Bonchev–Trinajstić information content (AvgIpc) is 3.17. The minimum Gasteiger partial charge on any atom is -0.444 e. The molecule has 3 heterocycles. The zero-order valence-electron chi connectivity index (χ0n) is 21.3. The average molecular weight is 533 g/mol. The third-order valence-corrected chi connectivity index (χ3v) is 5.68. The van der Waals surface area contributed by atoms with Gasteiger partial charge in [0, 0.05) is 37.8 Å². The van der Waals surface area contributed by atoms with E-state index >= 15 is 0 Å². The summed E-state index contributed by atoms with van der Waals surface area (Å²) in [5.74, 6) is -2.05. The third-order valence-electron chi connectivity index (χ3n) is 5.68. The first-order chi connectivity index (χ1) is 17.9. The van der Waals surface area contributed by atoms with Gasteiger partial charge < -0.3 is 19.0 Å². The van der Waals surface area contributed by atoms with Gasteiger partial charge in [-0.1, -0.05) is 18.2 Å². The van der Waals surface area contributed by atoms with Gasteiger partial charge in [0.25, 0.3) is 0 Å². The van der Waals surface area contributed by atoms with Crippen LogP contribution in [-0.2, 0) is 10.9 Å². The van der Waals surface area contributed by atoms with Crippen molar-refractivity contribution in [3.63, 3.8) is 0 Å². The van der Waals surface area contributed by atoms with Crippen LogP contribution >= 0.6 is 0 Å². The molecule has 12 heteroatoms. The molecule has 9 nitrogen and oxygen atoms in total. The number of oxazole rings is 1. The topological polar surface area (TPSA) is 105 Å². The van der Waals surface area contributed by atoms with Gasteiger partial charge in [0.15, 0.2) is 5.69 Å².